The molecule has 7 nitrogen and oxygen atoms in total. The van der Waals surface area contributed by atoms with Gasteiger partial charge in [-0.05, 0) is 25.1 Å². The number of aromatic nitrogens is 3. The van der Waals surface area contributed by atoms with E-state index in [1.165, 1.54) is 11.3 Å². The summed E-state index contributed by atoms with van der Waals surface area (Å²) >= 11 is 7.32. The zero-order chi connectivity index (χ0) is 15.5. The lowest BCUT2D eigenvalue weighted by Crippen LogP contribution is -2.19. The molecular formula is C13H10ClN5O2S. The third kappa shape index (κ3) is 3.41. The van der Waals surface area contributed by atoms with Gasteiger partial charge < -0.3 is 9.73 Å². The summed E-state index contributed by atoms with van der Waals surface area (Å²) in [6.45, 7) is 1.88. The maximum atomic E-state index is 11.8. The topological polar surface area (TPSA) is 92.9 Å². The Kier molecular flexibility index (Phi) is 4.03. The number of hydrogen-bond acceptors (Lipinski definition) is 6. The van der Waals surface area contributed by atoms with E-state index in [-0.39, 0.29) is 11.9 Å². The van der Waals surface area contributed by atoms with Crippen LogP contribution in [0.2, 0.25) is 5.02 Å². The number of halogens is 1. The van der Waals surface area contributed by atoms with Crippen LogP contribution in [0.4, 0.5) is 16.5 Å². The van der Waals surface area contributed by atoms with Gasteiger partial charge in [0, 0.05) is 16.1 Å². The van der Waals surface area contributed by atoms with E-state index in [1.54, 1.807) is 29.6 Å². The SMILES string of the molecule is Cc1nc(-c2nnc(NC(=O)Nc3cccc(Cl)c3)o2)cs1. The van der Waals surface area contributed by atoms with Crippen LogP contribution < -0.4 is 10.6 Å². The number of anilines is 2. The molecule has 9 heteroatoms. The third-order valence-corrected chi connectivity index (χ3v) is 3.57. The van der Waals surface area contributed by atoms with Gasteiger partial charge in [-0.15, -0.1) is 16.4 Å². The maximum Gasteiger partial charge on any atom is 0.327 e. The van der Waals surface area contributed by atoms with Gasteiger partial charge in [-0.2, -0.15) is 0 Å². The van der Waals surface area contributed by atoms with Gasteiger partial charge in [0.1, 0.15) is 5.69 Å². The minimum absolute atomic E-state index is 0.0137. The number of rotatable bonds is 3. The standard InChI is InChI=1S/C13H10ClN5O2S/c1-7-15-10(6-22-7)11-18-19-13(21-11)17-12(20)16-9-4-2-3-8(14)5-9/h2-6H,1H3,(H2,16,17,19,20). The number of hydrogen-bond donors (Lipinski definition) is 2. The highest BCUT2D eigenvalue weighted by Gasteiger charge is 2.13. The molecule has 0 atom stereocenters. The van der Waals surface area contributed by atoms with Crippen molar-refractivity contribution in [1.29, 1.82) is 0 Å². The highest BCUT2D eigenvalue weighted by Crippen LogP contribution is 2.21. The van der Waals surface area contributed by atoms with Gasteiger partial charge in [0.2, 0.25) is 0 Å². The molecule has 0 saturated heterocycles. The number of benzene rings is 1. The second-order valence-corrected chi connectivity index (χ2v) is 5.75. The predicted octanol–water partition coefficient (Wildman–Crippen LogP) is 3.80. The van der Waals surface area contributed by atoms with Crippen LogP contribution in [0.25, 0.3) is 11.6 Å². The Balaban J connectivity index is 1.66. The third-order valence-electron chi connectivity index (χ3n) is 2.57. The normalized spacial score (nSPS) is 10.5. The molecule has 2 N–H and O–H groups in total. The summed E-state index contributed by atoms with van der Waals surface area (Å²) in [7, 11) is 0. The van der Waals surface area contributed by atoms with Crippen LogP contribution in [0, 0.1) is 6.92 Å². The first kappa shape index (κ1) is 14.5. The molecule has 3 rings (SSSR count). The van der Waals surface area contributed by atoms with E-state index < -0.39 is 6.03 Å². The Morgan fingerprint density at radius 3 is 2.91 bits per heavy atom. The lowest BCUT2D eigenvalue weighted by molar-refractivity contribution is 0.261. The van der Waals surface area contributed by atoms with Crippen LogP contribution in [0.3, 0.4) is 0 Å². The highest BCUT2D eigenvalue weighted by molar-refractivity contribution is 7.09. The van der Waals surface area contributed by atoms with E-state index in [1.807, 2.05) is 6.92 Å². The molecule has 0 radical (unpaired) electrons. The van der Waals surface area contributed by atoms with Gasteiger partial charge in [-0.3, -0.25) is 5.32 Å². The van der Waals surface area contributed by atoms with Crippen LogP contribution >= 0.6 is 22.9 Å². The number of amides is 2. The van der Waals surface area contributed by atoms with Crippen molar-refractivity contribution in [2.24, 2.45) is 0 Å². The number of carbonyl (C=O) groups is 1. The predicted molar refractivity (Wildman–Crippen MR) is 84.2 cm³/mol. The Morgan fingerprint density at radius 1 is 1.32 bits per heavy atom. The maximum absolute atomic E-state index is 11.8. The largest absolute Gasteiger partial charge is 0.401 e. The van der Waals surface area contributed by atoms with Crippen LogP contribution in [-0.4, -0.2) is 21.2 Å². The van der Waals surface area contributed by atoms with Crippen LogP contribution in [0.15, 0.2) is 34.1 Å². The van der Waals surface area contributed by atoms with Crippen molar-refractivity contribution < 1.29 is 9.21 Å². The molecule has 0 unspecified atom stereocenters. The van der Waals surface area contributed by atoms with Crippen molar-refractivity contribution in [3.8, 4) is 11.6 Å². The molecule has 0 aliphatic rings. The molecule has 0 aliphatic heterocycles. The summed E-state index contributed by atoms with van der Waals surface area (Å²) in [6.07, 6.45) is 0. The van der Waals surface area contributed by atoms with E-state index >= 15 is 0 Å². The van der Waals surface area contributed by atoms with Crippen LogP contribution in [-0.2, 0) is 0 Å². The molecule has 1 aromatic carbocycles. The van der Waals surface area contributed by atoms with Crippen molar-refractivity contribution in [2.45, 2.75) is 6.92 Å². The summed E-state index contributed by atoms with van der Waals surface area (Å²) in [5.41, 5.74) is 1.14. The van der Waals surface area contributed by atoms with Gasteiger partial charge in [-0.25, -0.2) is 9.78 Å². The molecule has 112 valence electrons. The number of urea groups is 1. The molecule has 0 bridgehead atoms. The first-order valence-corrected chi connectivity index (χ1v) is 7.45. The van der Waals surface area contributed by atoms with Crippen molar-refractivity contribution >= 4 is 40.7 Å². The second kappa shape index (κ2) is 6.12. The smallest absolute Gasteiger partial charge is 0.327 e. The lowest BCUT2D eigenvalue weighted by atomic mass is 10.3. The van der Waals surface area contributed by atoms with Crippen LogP contribution in [0.5, 0.6) is 0 Å². The van der Waals surface area contributed by atoms with Gasteiger partial charge in [0.05, 0.1) is 5.01 Å². The lowest BCUT2D eigenvalue weighted by Gasteiger charge is -2.04. The average Bonchev–Trinajstić information content (AvgIpc) is 3.07. The first-order valence-electron chi connectivity index (χ1n) is 6.20. The van der Waals surface area contributed by atoms with Gasteiger partial charge in [0.25, 0.3) is 5.89 Å². The summed E-state index contributed by atoms with van der Waals surface area (Å²) in [4.78, 5) is 16.1. The minimum atomic E-state index is -0.507. The van der Waals surface area contributed by atoms with Crippen molar-refractivity contribution in [3.05, 3.63) is 39.7 Å². The zero-order valence-electron chi connectivity index (χ0n) is 11.3. The molecule has 0 aliphatic carbocycles. The van der Waals surface area contributed by atoms with E-state index in [0.29, 0.717) is 16.4 Å². The first-order chi connectivity index (χ1) is 10.6. The van der Waals surface area contributed by atoms with Gasteiger partial charge in [0.15, 0.2) is 0 Å². The fourth-order valence-electron chi connectivity index (χ4n) is 1.66. The number of thiazole rings is 1. The van der Waals surface area contributed by atoms with Gasteiger partial charge in [-0.1, -0.05) is 22.8 Å². The number of aryl methyl sites for hydroxylation is 1. The fraction of sp³-hybridized carbons (Fsp3) is 0.0769. The Morgan fingerprint density at radius 2 is 2.18 bits per heavy atom. The summed E-state index contributed by atoms with van der Waals surface area (Å²) in [5.74, 6) is 0.252. The second-order valence-electron chi connectivity index (χ2n) is 4.25. The van der Waals surface area contributed by atoms with Gasteiger partial charge >= 0.3 is 12.0 Å². The number of nitrogens with one attached hydrogen (secondary N) is 2. The van der Waals surface area contributed by atoms with E-state index in [0.717, 1.165) is 5.01 Å². The minimum Gasteiger partial charge on any atom is -0.401 e. The Bertz CT molecular complexity index is 816. The van der Waals surface area contributed by atoms with E-state index in [2.05, 4.69) is 25.8 Å². The Labute approximate surface area is 134 Å². The van der Waals surface area contributed by atoms with Crippen molar-refractivity contribution in [3.63, 3.8) is 0 Å². The summed E-state index contributed by atoms with van der Waals surface area (Å²) in [6, 6.07) is 6.26. The fourth-order valence-corrected chi connectivity index (χ4v) is 2.44. The number of carbonyl (C=O) groups excluding carboxylic acids is 1. The molecule has 3 aromatic rings. The van der Waals surface area contributed by atoms with E-state index in [9.17, 15) is 4.79 Å². The highest BCUT2D eigenvalue weighted by atomic mass is 35.5. The quantitative estimate of drug-likeness (QED) is 0.759. The molecule has 0 saturated carbocycles. The molecule has 0 fully saturated rings. The molecule has 2 heterocycles. The summed E-state index contributed by atoms with van der Waals surface area (Å²) < 4.78 is 5.34. The summed E-state index contributed by atoms with van der Waals surface area (Å²) in [5, 5.41) is 15.9. The van der Waals surface area contributed by atoms with Crippen molar-refractivity contribution in [1.82, 2.24) is 15.2 Å². The molecular weight excluding hydrogens is 326 g/mol. The van der Waals surface area contributed by atoms with Crippen LogP contribution in [0.1, 0.15) is 5.01 Å². The van der Waals surface area contributed by atoms with E-state index in [4.69, 9.17) is 16.0 Å². The molecule has 2 amide bonds. The molecule has 2 aromatic heterocycles. The monoisotopic (exact) mass is 335 g/mol. The zero-order valence-corrected chi connectivity index (χ0v) is 12.9. The number of nitrogens with zero attached hydrogens (tertiary/aromatic N) is 3. The molecule has 0 spiro atoms. The Hall–Kier alpha value is -2.45. The molecule has 22 heavy (non-hydrogen) atoms. The average molecular weight is 336 g/mol. The van der Waals surface area contributed by atoms with Crippen molar-refractivity contribution in [2.75, 3.05) is 10.6 Å².